The van der Waals surface area contributed by atoms with Crippen molar-refractivity contribution in [1.29, 1.82) is 0 Å². The van der Waals surface area contributed by atoms with E-state index in [1.807, 2.05) is 28.8 Å². The highest BCUT2D eigenvalue weighted by atomic mass is 16.6. The smallest absolute Gasteiger partial charge is 0.269 e. The van der Waals surface area contributed by atoms with E-state index in [1.165, 1.54) is 12.1 Å². The van der Waals surface area contributed by atoms with Crippen LogP contribution in [0.15, 0.2) is 48.8 Å². The summed E-state index contributed by atoms with van der Waals surface area (Å²) < 4.78 is 7.61. The number of hydrogen-bond donors (Lipinski definition) is 0. The molecule has 6 heteroatoms. The average Bonchev–Trinajstić information content (AvgIpc) is 2.89. The van der Waals surface area contributed by atoms with E-state index in [0.717, 1.165) is 16.6 Å². The highest BCUT2D eigenvalue weighted by molar-refractivity contribution is 5.74. The molecule has 1 aromatic heterocycles. The van der Waals surface area contributed by atoms with Crippen molar-refractivity contribution in [1.82, 2.24) is 9.55 Å². The van der Waals surface area contributed by atoms with Crippen molar-refractivity contribution in [3.05, 3.63) is 64.5 Å². The number of nitro groups is 1. The maximum Gasteiger partial charge on any atom is 0.269 e. The SMILES string of the molecule is Cc1cc([N+](=O)[O-])ccc1OCn1cnc2ccccc21. The molecule has 106 valence electrons. The van der Waals surface area contributed by atoms with Gasteiger partial charge in [0.15, 0.2) is 6.73 Å². The third kappa shape index (κ3) is 2.55. The van der Waals surface area contributed by atoms with Crippen LogP contribution in [-0.2, 0) is 6.73 Å². The van der Waals surface area contributed by atoms with Crippen molar-refractivity contribution in [3.63, 3.8) is 0 Å². The molecule has 0 radical (unpaired) electrons. The number of fused-ring (bicyclic) bond motifs is 1. The minimum Gasteiger partial charge on any atom is -0.472 e. The molecule has 1 heterocycles. The molecule has 0 aliphatic heterocycles. The molecular formula is C15H13N3O3. The van der Waals surface area contributed by atoms with Gasteiger partial charge in [-0.3, -0.25) is 14.7 Å². The number of aromatic nitrogens is 2. The van der Waals surface area contributed by atoms with Gasteiger partial charge >= 0.3 is 0 Å². The molecular weight excluding hydrogens is 270 g/mol. The summed E-state index contributed by atoms with van der Waals surface area (Å²) in [6, 6.07) is 12.3. The van der Waals surface area contributed by atoms with E-state index < -0.39 is 4.92 Å². The topological polar surface area (TPSA) is 70.2 Å². The molecule has 6 nitrogen and oxygen atoms in total. The van der Waals surface area contributed by atoms with Crippen LogP contribution in [0.25, 0.3) is 11.0 Å². The summed E-state index contributed by atoms with van der Waals surface area (Å²) >= 11 is 0. The van der Waals surface area contributed by atoms with Gasteiger partial charge in [-0.05, 0) is 30.7 Å². The Morgan fingerprint density at radius 3 is 2.86 bits per heavy atom. The van der Waals surface area contributed by atoms with Crippen LogP contribution in [0.1, 0.15) is 5.56 Å². The van der Waals surface area contributed by atoms with E-state index in [0.29, 0.717) is 12.5 Å². The van der Waals surface area contributed by atoms with Gasteiger partial charge in [-0.25, -0.2) is 4.98 Å². The lowest BCUT2D eigenvalue weighted by molar-refractivity contribution is -0.384. The second-order valence-electron chi connectivity index (χ2n) is 4.68. The molecule has 3 aromatic rings. The number of imidazole rings is 1. The summed E-state index contributed by atoms with van der Waals surface area (Å²) in [5, 5.41) is 10.7. The Balaban J connectivity index is 1.80. The Morgan fingerprint density at radius 2 is 2.10 bits per heavy atom. The van der Waals surface area contributed by atoms with Crippen LogP contribution in [0.2, 0.25) is 0 Å². The number of nitro benzene ring substituents is 1. The standard InChI is InChI=1S/C15H13N3O3/c1-11-8-12(18(19)20)6-7-15(11)21-10-17-9-16-13-4-2-3-5-14(13)17/h2-9H,10H2,1H3. The Hall–Kier alpha value is -2.89. The molecule has 21 heavy (non-hydrogen) atoms. The second kappa shape index (κ2) is 5.24. The molecule has 0 saturated heterocycles. The summed E-state index contributed by atoms with van der Waals surface area (Å²) in [5.74, 6) is 0.624. The third-order valence-corrected chi connectivity index (χ3v) is 3.26. The quantitative estimate of drug-likeness (QED) is 0.544. The van der Waals surface area contributed by atoms with Gasteiger partial charge in [0.25, 0.3) is 5.69 Å². The minimum atomic E-state index is -0.417. The van der Waals surface area contributed by atoms with Crippen LogP contribution in [0.3, 0.4) is 0 Å². The first kappa shape index (κ1) is 13.1. The van der Waals surface area contributed by atoms with Crippen LogP contribution in [0, 0.1) is 17.0 Å². The Labute approximate surface area is 120 Å². The fourth-order valence-electron chi connectivity index (χ4n) is 2.16. The molecule has 0 atom stereocenters. The van der Waals surface area contributed by atoms with Gasteiger partial charge < -0.3 is 4.74 Å². The normalized spacial score (nSPS) is 10.7. The van der Waals surface area contributed by atoms with E-state index in [1.54, 1.807) is 19.3 Å². The maximum absolute atomic E-state index is 10.7. The van der Waals surface area contributed by atoms with Crippen molar-refractivity contribution in [2.24, 2.45) is 0 Å². The van der Waals surface area contributed by atoms with Gasteiger partial charge in [-0.1, -0.05) is 12.1 Å². The Kier molecular flexibility index (Phi) is 3.27. The molecule has 0 saturated carbocycles. The van der Waals surface area contributed by atoms with Crippen molar-refractivity contribution >= 4 is 16.7 Å². The summed E-state index contributed by atoms with van der Waals surface area (Å²) in [6.45, 7) is 2.09. The van der Waals surface area contributed by atoms with E-state index in [4.69, 9.17) is 4.74 Å². The second-order valence-corrected chi connectivity index (χ2v) is 4.68. The average molecular weight is 283 g/mol. The van der Waals surface area contributed by atoms with E-state index in [2.05, 4.69) is 4.98 Å². The fraction of sp³-hybridized carbons (Fsp3) is 0.133. The lowest BCUT2D eigenvalue weighted by Crippen LogP contribution is -2.04. The fourth-order valence-corrected chi connectivity index (χ4v) is 2.16. The summed E-state index contributed by atoms with van der Waals surface area (Å²) in [6.07, 6.45) is 1.71. The zero-order valence-corrected chi connectivity index (χ0v) is 11.4. The minimum absolute atomic E-state index is 0.0629. The largest absolute Gasteiger partial charge is 0.472 e. The van der Waals surface area contributed by atoms with Gasteiger partial charge in [-0.15, -0.1) is 0 Å². The molecule has 0 bridgehead atoms. The van der Waals surface area contributed by atoms with Crippen molar-refractivity contribution < 1.29 is 9.66 Å². The third-order valence-electron chi connectivity index (χ3n) is 3.26. The van der Waals surface area contributed by atoms with Gasteiger partial charge in [0.2, 0.25) is 0 Å². The van der Waals surface area contributed by atoms with E-state index in [-0.39, 0.29) is 5.69 Å². The van der Waals surface area contributed by atoms with E-state index in [9.17, 15) is 10.1 Å². The molecule has 0 spiro atoms. The first-order valence-corrected chi connectivity index (χ1v) is 6.43. The summed E-state index contributed by atoms with van der Waals surface area (Å²) in [7, 11) is 0. The number of aryl methyl sites for hydroxylation is 1. The first-order valence-electron chi connectivity index (χ1n) is 6.43. The maximum atomic E-state index is 10.7. The number of benzene rings is 2. The highest BCUT2D eigenvalue weighted by Gasteiger charge is 2.09. The Bertz CT molecular complexity index is 811. The monoisotopic (exact) mass is 283 g/mol. The van der Waals surface area contributed by atoms with Crippen molar-refractivity contribution in [3.8, 4) is 5.75 Å². The van der Waals surface area contributed by atoms with Crippen LogP contribution in [-0.4, -0.2) is 14.5 Å². The van der Waals surface area contributed by atoms with Crippen LogP contribution < -0.4 is 4.74 Å². The van der Waals surface area contributed by atoms with Crippen molar-refractivity contribution in [2.45, 2.75) is 13.7 Å². The molecule has 2 aromatic carbocycles. The molecule has 0 amide bonds. The van der Waals surface area contributed by atoms with Crippen LogP contribution in [0.5, 0.6) is 5.75 Å². The van der Waals surface area contributed by atoms with Gasteiger partial charge in [0, 0.05) is 12.1 Å². The van der Waals surface area contributed by atoms with Gasteiger partial charge in [-0.2, -0.15) is 0 Å². The number of non-ortho nitro benzene ring substituents is 1. The molecule has 0 aliphatic carbocycles. The zero-order valence-electron chi connectivity index (χ0n) is 11.4. The first-order chi connectivity index (χ1) is 10.1. The predicted molar refractivity (Wildman–Crippen MR) is 78.2 cm³/mol. The number of para-hydroxylation sites is 2. The molecule has 3 rings (SSSR count). The Morgan fingerprint density at radius 1 is 1.29 bits per heavy atom. The summed E-state index contributed by atoms with van der Waals surface area (Å²) in [5.41, 5.74) is 2.68. The number of rotatable bonds is 4. The van der Waals surface area contributed by atoms with Gasteiger partial charge in [0.1, 0.15) is 5.75 Å². The highest BCUT2D eigenvalue weighted by Crippen LogP contribution is 2.24. The predicted octanol–water partition coefficient (Wildman–Crippen LogP) is 3.29. The van der Waals surface area contributed by atoms with E-state index >= 15 is 0 Å². The van der Waals surface area contributed by atoms with Gasteiger partial charge in [0.05, 0.1) is 22.3 Å². The molecule has 0 fully saturated rings. The zero-order chi connectivity index (χ0) is 14.8. The van der Waals surface area contributed by atoms with Crippen LogP contribution >= 0.6 is 0 Å². The molecule has 0 N–H and O–H groups in total. The number of ether oxygens (including phenoxy) is 1. The lowest BCUT2D eigenvalue weighted by Gasteiger charge is -2.10. The van der Waals surface area contributed by atoms with Crippen LogP contribution in [0.4, 0.5) is 5.69 Å². The lowest BCUT2D eigenvalue weighted by atomic mass is 10.2. The number of hydrogen-bond acceptors (Lipinski definition) is 4. The van der Waals surface area contributed by atoms with Crippen molar-refractivity contribution in [2.75, 3.05) is 0 Å². The number of nitrogens with zero attached hydrogens (tertiary/aromatic N) is 3. The summed E-state index contributed by atoms with van der Waals surface area (Å²) in [4.78, 5) is 14.6. The molecule has 0 aliphatic rings. The molecule has 0 unspecified atom stereocenters.